The van der Waals surface area contributed by atoms with E-state index in [1.54, 1.807) is 35.2 Å². The number of aromatic hydroxyl groups is 1. The lowest BCUT2D eigenvalue weighted by molar-refractivity contribution is 0.163. The highest BCUT2D eigenvalue weighted by Gasteiger charge is 2.43. The molecule has 1 aliphatic heterocycles. The van der Waals surface area contributed by atoms with Crippen LogP contribution in [0.4, 0.5) is 14.9 Å². The molecule has 5 nitrogen and oxygen atoms in total. The van der Waals surface area contributed by atoms with Crippen molar-refractivity contribution in [2.45, 2.75) is 36.7 Å². The van der Waals surface area contributed by atoms with Gasteiger partial charge in [-0.2, -0.15) is 0 Å². The Labute approximate surface area is 196 Å². The maximum absolute atomic E-state index is 13.2. The molecular formula is C26H26FNO4S. The van der Waals surface area contributed by atoms with E-state index in [1.165, 1.54) is 31.0 Å². The summed E-state index contributed by atoms with van der Waals surface area (Å²) >= 11 is 1.25. The molecule has 0 spiro atoms. The molecule has 33 heavy (non-hydrogen) atoms. The highest BCUT2D eigenvalue weighted by Crippen LogP contribution is 2.48. The number of halogens is 1. The minimum Gasteiger partial charge on any atom is -0.507 e. The van der Waals surface area contributed by atoms with E-state index in [0.717, 1.165) is 5.69 Å². The Morgan fingerprint density at radius 2 is 1.82 bits per heavy atom. The molecule has 3 aromatic carbocycles. The number of benzene rings is 3. The molecule has 1 aliphatic rings. The summed E-state index contributed by atoms with van der Waals surface area (Å²) < 4.78 is 18.4. The van der Waals surface area contributed by atoms with Gasteiger partial charge in [-0.1, -0.05) is 42.1 Å². The molecule has 2 N–H and O–H groups in total. The maximum Gasteiger partial charge on any atom is 0.287 e. The zero-order valence-electron chi connectivity index (χ0n) is 18.2. The first-order chi connectivity index (χ1) is 16.0. The number of hydrogen-bond donors (Lipinski definition) is 2. The number of ether oxygens (including phenoxy) is 1. The number of methoxy groups -OCH3 is 1. The van der Waals surface area contributed by atoms with E-state index in [1.807, 2.05) is 30.3 Å². The lowest BCUT2D eigenvalue weighted by Gasteiger charge is -2.28. The van der Waals surface area contributed by atoms with Crippen molar-refractivity contribution >= 4 is 22.7 Å². The average molecular weight is 468 g/mol. The van der Waals surface area contributed by atoms with Gasteiger partial charge < -0.3 is 14.9 Å². The molecule has 7 heteroatoms. The molecule has 1 amide bonds. The van der Waals surface area contributed by atoms with Gasteiger partial charge in [-0.15, -0.1) is 0 Å². The largest absolute Gasteiger partial charge is 0.507 e. The minimum absolute atomic E-state index is 0.0759. The standard InChI is InChI=1S/C26H26FNO4S/c1-32-20-14-15-21(23(30)16-20)25-24(33-26(31)28(25)19-6-3-2-4-7-19)9-5-8-22(29)17-10-12-18(27)13-11-17/h2-4,6-7,10-16,22,24-25,29-30H,5,8-9H2,1H3/t22?,24-,25?/m1/s1. The number of amides is 1. The highest BCUT2D eigenvalue weighted by molar-refractivity contribution is 8.14. The predicted molar refractivity (Wildman–Crippen MR) is 128 cm³/mol. The first kappa shape index (κ1) is 23.1. The second-order valence-corrected chi connectivity index (χ2v) is 9.19. The van der Waals surface area contributed by atoms with E-state index in [2.05, 4.69) is 0 Å². The summed E-state index contributed by atoms with van der Waals surface area (Å²) in [7, 11) is 1.54. The molecule has 3 aromatic rings. The first-order valence-corrected chi connectivity index (χ1v) is 11.7. The topological polar surface area (TPSA) is 70.0 Å². The van der Waals surface area contributed by atoms with Gasteiger partial charge in [0.1, 0.15) is 17.3 Å². The number of para-hydroxylation sites is 1. The van der Waals surface area contributed by atoms with Crippen LogP contribution in [-0.2, 0) is 0 Å². The first-order valence-electron chi connectivity index (χ1n) is 10.8. The summed E-state index contributed by atoms with van der Waals surface area (Å²) in [6.07, 6.45) is 1.11. The fraction of sp³-hybridized carbons (Fsp3) is 0.269. The second-order valence-electron chi connectivity index (χ2n) is 8.00. The lowest BCUT2D eigenvalue weighted by atomic mass is 9.95. The van der Waals surface area contributed by atoms with Gasteiger partial charge in [0.05, 0.1) is 19.3 Å². The number of anilines is 1. The van der Waals surface area contributed by atoms with Crippen LogP contribution in [0.2, 0.25) is 0 Å². The number of aliphatic hydroxyl groups excluding tert-OH is 1. The van der Waals surface area contributed by atoms with Crippen molar-refractivity contribution < 1.29 is 24.1 Å². The Balaban J connectivity index is 1.55. The molecule has 4 rings (SSSR count). The van der Waals surface area contributed by atoms with E-state index in [9.17, 15) is 19.4 Å². The molecule has 0 radical (unpaired) electrons. The van der Waals surface area contributed by atoms with Gasteiger partial charge in [0.2, 0.25) is 0 Å². The van der Waals surface area contributed by atoms with Crippen LogP contribution < -0.4 is 9.64 Å². The van der Waals surface area contributed by atoms with Crippen molar-refractivity contribution in [1.29, 1.82) is 0 Å². The number of carbonyl (C=O) groups excluding carboxylic acids is 1. The van der Waals surface area contributed by atoms with Gasteiger partial charge in [-0.25, -0.2) is 4.39 Å². The van der Waals surface area contributed by atoms with Gasteiger partial charge in [-0.3, -0.25) is 9.69 Å². The third-order valence-corrected chi connectivity index (χ3v) is 7.09. The molecule has 0 bridgehead atoms. The Bertz CT molecular complexity index is 1090. The van der Waals surface area contributed by atoms with Crippen LogP contribution in [0.1, 0.15) is 42.5 Å². The zero-order valence-corrected chi connectivity index (χ0v) is 19.0. The molecule has 1 heterocycles. The number of aliphatic hydroxyl groups is 1. The van der Waals surface area contributed by atoms with Gasteiger partial charge in [0.25, 0.3) is 5.24 Å². The van der Waals surface area contributed by atoms with Crippen molar-refractivity contribution in [3.8, 4) is 11.5 Å². The van der Waals surface area contributed by atoms with Crippen LogP contribution in [0.15, 0.2) is 72.8 Å². The van der Waals surface area contributed by atoms with E-state index in [0.29, 0.717) is 36.1 Å². The van der Waals surface area contributed by atoms with E-state index in [4.69, 9.17) is 4.74 Å². The van der Waals surface area contributed by atoms with Crippen LogP contribution in [0.3, 0.4) is 0 Å². The zero-order chi connectivity index (χ0) is 23.4. The van der Waals surface area contributed by atoms with Gasteiger partial charge >= 0.3 is 0 Å². The summed E-state index contributed by atoms with van der Waals surface area (Å²) in [5.74, 6) is 0.278. The van der Waals surface area contributed by atoms with Crippen molar-refractivity contribution in [2.24, 2.45) is 0 Å². The number of thioether (sulfide) groups is 1. The fourth-order valence-corrected chi connectivity index (χ4v) is 5.48. The van der Waals surface area contributed by atoms with E-state index >= 15 is 0 Å². The monoisotopic (exact) mass is 467 g/mol. The molecule has 0 saturated carbocycles. The minimum atomic E-state index is -0.703. The number of rotatable bonds is 8. The van der Waals surface area contributed by atoms with Crippen LogP contribution >= 0.6 is 11.8 Å². The Kier molecular flexibility index (Phi) is 7.20. The lowest BCUT2D eigenvalue weighted by Crippen LogP contribution is -2.29. The maximum atomic E-state index is 13.2. The van der Waals surface area contributed by atoms with Crippen LogP contribution in [0.25, 0.3) is 0 Å². The number of hydrogen-bond acceptors (Lipinski definition) is 5. The summed E-state index contributed by atoms with van der Waals surface area (Å²) in [4.78, 5) is 14.8. The summed E-state index contributed by atoms with van der Waals surface area (Å²) in [6, 6.07) is 20.0. The molecule has 3 atom stereocenters. The third kappa shape index (κ3) is 5.15. The molecule has 1 saturated heterocycles. The number of phenols is 1. The van der Waals surface area contributed by atoms with Crippen LogP contribution in [0, 0.1) is 5.82 Å². The molecule has 2 unspecified atom stereocenters. The second kappa shape index (κ2) is 10.3. The van der Waals surface area contributed by atoms with Crippen molar-refractivity contribution in [3.63, 3.8) is 0 Å². The average Bonchev–Trinajstić information content (AvgIpc) is 3.15. The van der Waals surface area contributed by atoms with Gasteiger partial charge in [0, 0.05) is 22.6 Å². The molecular weight excluding hydrogens is 441 g/mol. The number of carbonyl (C=O) groups is 1. The summed E-state index contributed by atoms with van der Waals surface area (Å²) in [5.41, 5.74) is 2.09. The molecule has 1 fully saturated rings. The van der Waals surface area contributed by atoms with Crippen LogP contribution in [-0.4, -0.2) is 27.8 Å². The number of nitrogens with zero attached hydrogens (tertiary/aromatic N) is 1. The van der Waals surface area contributed by atoms with Crippen molar-refractivity contribution in [1.82, 2.24) is 0 Å². The van der Waals surface area contributed by atoms with E-state index in [-0.39, 0.29) is 28.1 Å². The van der Waals surface area contributed by atoms with Crippen molar-refractivity contribution in [3.05, 3.63) is 89.7 Å². The predicted octanol–water partition coefficient (Wildman–Crippen LogP) is 6.23. The quantitative estimate of drug-likeness (QED) is 0.411. The summed E-state index contributed by atoms with van der Waals surface area (Å²) in [5, 5.41) is 21.0. The van der Waals surface area contributed by atoms with E-state index < -0.39 is 6.10 Å². The molecule has 172 valence electrons. The smallest absolute Gasteiger partial charge is 0.287 e. The van der Waals surface area contributed by atoms with Gasteiger partial charge in [0.15, 0.2) is 0 Å². The summed E-state index contributed by atoms with van der Waals surface area (Å²) in [6.45, 7) is 0. The van der Waals surface area contributed by atoms with Gasteiger partial charge in [-0.05, 0) is 61.2 Å². The third-order valence-electron chi connectivity index (χ3n) is 5.89. The number of phenolic OH excluding ortho intramolecular Hbond substituents is 1. The Morgan fingerprint density at radius 3 is 2.48 bits per heavy atom. The molecule has 0 aromatic heterocycles. The molecule has 0 aliphatic carbocycles. The fourth-order valence-electron chi connectivity index (χ4n) is 4.21. The Morgan fingerprint density at radius 1 is 1.09 bits per heavy atom. The Hall–Kier alpha value is -3.03. The normalized spacial score (nSPS) is 19.0. The SMILES string of the molecule is COc1ccc(C2[C@@H](CCCC(O)c3ccc(F)cc3)SC(=O)N2c2ccccc2)c(O)c1. The van der Waals surface area contributed by atoms with Crippen LogP contribution in [0.5, 0.6) is 11.5 Å². The highest BCUT2D eigenvalue weighted by atomic mass is 32.2. The van der Waals surface area contributed by atoms with Crippen molar-refractivity contribution in [2.75, 3.05) is 12.0 Å².